The van der Waals surface area contributed by atoms with Crippen molar-refractivity contribution in [2.45, 2.75) is 39.8 Å². The van der Waals surface area contributed by atoms with Gasteiger partial charge >= 0.3 is 0 Å². The summed E-state index contributed by atoms with van der Waals surface area (Å²) in [6, 6.07) is 5.21. The van der Waals surface area contributed by atoms with Crippen molar-refractivity contribution in [2.75, 3.05) is 6.54 Å². The van der Waals surface area contributed by atoms with Crippen LogP contribution in [0.15, 0.2) is 18.2 Å². The van der Waals surface area contributed by atoms with Gasteiger partial charge in [0, 0.05) is 12.1 Å². The molecular formula is C13H20FNO. The molecule has 1 N–H and O–H groups in total. The van der Waals surface area contributed by atoms with Gasteiger partial charge in [0.1, 0.15) is 17.7 Å². The molecule has 0 saturated carbocycles. The fourth-order valence-electron chi connectivity index (χ4n) is 1.45. The lowest BCUT2D eigenvalue weighted by molar-refractivity contribution is 0.178. The summed E-state index contributed by atoms with van der Waals surface area (Å²) in [5.41, 5.74) is 0.639. The predicted molar refractivity (Wildman–Crippen MR) is 64.4 cm³/mol. The number of rotatable bonds is 5. The van der Waals surface area contributed by atoms with Gasteiger partial charge in [0.2, 0.25) is 0 Å². The molecule has 0 radical (unpaired) electrons. The summed E-state index contributed by atoms with van der Waals surface area (Å²) < 4.78 is 18.9. The molecule has 0 saturated heterocycles. The number of aryl methyl sites for hydroxylation is 1. The molecule has 90 valence electrons. The van der Waals surface area contributed by atoms with E-state index >= 15 is 0 Å². The molecule has 0 aliphatic rings. The van der Waals surface area contributed by atoms with Gasteiger partial charge in [-0.05, 0) is 38.9 Å². The zero-order valence-corrected chi connectivity index (χ0v) is 10.4. The van der Waals surface area contributed by atoms with Crippen LogP contribution in [0.1, 0.15) is 26.3 Å². The normalized spacial score (nSPS) is 14.6. The maximum atomic E-state index is 13.3. The number of ether oxygens (including phenoxy) is 1. The highest BCUT2D eigenvalue weighted by molar-refractivity contribution is 5.28. The molecule has 2 nitrogen and oxygen atoms in total. The molecule has 0 aliphatic carbocycles. The van der Waals surface area contributed by atoms with Crippen molar-refractivity contribution in [3.63, 3.8) is 0 Å². The van der Waals surface area contributed by atoms with Gasteiger partial charge in [0.15, 0.2) is 0 Å². The van der Waals surface area contributed by atoms with Gasteiger partial charge in [-0.1, -0.05) is 13.0 Å². The van der Waals surface area contributed by atoms with E-state index in [0.717, 1.165) is 6.54 Å². The van der Waals surface area contributed by atoms with Crippen LogP contribution in [0.2, 0.25) is 0 Å². The maximum absolute atomic E-state index is 13.3. The summed E-state index contributed by atoms with van der Waals surface area (Å²) in [6.07, 6.45) is 0.0158. The van der Waals surface area contributed by atoms with E-state index < -0.39 is 0 Å². The van der Waals surface area contributed by atoms with E-state index in [-0.39, 0.29) is 18.0 Å². The van der Waals surface area contributed by atoms with E-state index in [2.05, 4.69) is 19.2 Å². The highest BCUT2D eigenvalue weighted by Crippen LogP contribution is 2.17. The minimum atomic E-state index is -0.221. The fourth-order valence-corrected chi connectivity index (χ4v) is 1.45. The van der Waals surface area contributed by atoms with Crippen LogP contribution in [0.25, 0.3) is 0 Å². The highest BCUT2D eigenvalue weighted by atomic mass is 19.1. The van der Waals surface area contributed by atoms with E-state index in [1.54, 1.807) is 19.1 Å². The minimum Gasteiger partial charge on any atom is -0.489 e. The molecule has 1 aromatic rings. The molecule has 0 heterocycles. The Morgan fingerprint density at radius 2 is 2.06 bits per heavy atom. The smallest absolute Gasteiger partial charge is 0.129 e. The summed E-state index contributed by atoms with van der Waals surface area (Å²) >= 11 is 0. The van der Waals surface area contributed by atoms with Crippen molar-refractivity contribution in [2.24, 2.45) is 0 Å². The second-order valence-electron chi connectivity index (χ2n) is 4.08. The lowest BCUT2D eigenvalue weighted by Gasteiger charge is -2.22. The van der Waals surface area contributed by atoms with Crippen molar-refractivity contribution in [1.29, 1.82) is 0 Å². The zero-order chi connectivity index (χ0) is 12.1. The topological polar surface area (TPSA) is 21.3 Å². The van der Waals surface area contributed by atoms with Crippen LogP contribution in [0, 0.1) is 12.7 Å². The Hall–Kier alpha value is -1.09. The van der Waals surface area contributed by atoms with Crippen LogP contribution in [0.5, 0.6) is 5.75 Å². The number of halogens is 1. The van der Waals surface area contributed by atoms with E-state index in [0.29, 0.717) is 11.3 Å². The van der Waals surface area contributed by atoms with Crippen molar-refractivity contribution in [1.82, 2.24) is 5.32 Å². The van der Waals surface area contributed by atoms with Gasteiger partial charge in [-0.15, -0.1) is 0 Å². The van der Waals surface area contributed by atoms with Crippen molar-refractivity contribution in [3.8, 4) is 5.75 Å². The molecule has 2 unspecified atom stereocenters. The van der Waals surface area contributed by atoms with Gasteiger partial charge in [0.05, 0.1) is 0 Å². The number of likely N-dealkylation sites (N-methyl/N-ethyl adjacent to an activating group) is 1. The van der Waals surface area contributed by atoms with E-state index in [1.165, 1.54) is 6.07 Å². The second-order valence-corrected chi connectivity index (χ2v) is 4.08. The monoisotopic (exact) mass is 225 g/mol. The predicted octanol–water partition coefficient (Wildman–Crippen LogP) is 2.90. The standard InChI is InChI=1S/C13H20FNO/c1-5-15-10(3)11(4)16-12-7-6-9(2)13(14)8-12/h6-8,10-11,15H,5H2,1-4H3. The van der Waals surface area contributed by atoms with Crippen LogP contribution in [0.4, 0.5) is 4.39 Å². The lowest BCUT2D eigenvalue weighted by atomic mass is 10.2. The summed E-state index contributed by atoms with van der Waals surface area (Å²) in [5, 5.41) is 3.27. The number of hydrogen-bond acceptors (Lipinski definition) is 2. The Kier molecular flexibility index (Phi) is 4.74. The summed E-state index contributed by atoms with van der Waals surface area (Å²) in [6.45, 7) is 8.72. The van der Waals surface area contributed by atoms with Crippen LogP contribution < -0.4 is 10.1 Å². The van der Waals surface area contributed by atoms with Gasteiger partial charge in [-0.2, -0.15) is 0 Å². The number of benzene rings is 1. The van der Waals surface area contributed by atoms with Crippen LogP contribution >= 0.6 is 0 Å². The average molecular weight is 225 g/mol. The molecule has 1 aromatic carbocycles. The van der Waals surface area contributed by atoms with Crippen LogP contribution in [-0.2, 0) is 0 Å². The first-order valence-corrected chi connectivity index (χ1v) is 5.70. The third-order valence-corrected chi connectivity index (χ3v) is 2.70. The quantitative estimate of drug-likeness (QED) is 0.832. The minimum absolute atomic E-state index is 0.0158. The summed E-state index contributed by atoms with van der Waals surface area (Å²) in [5.74, 6) is 0.362. The van der Waals surface area contributed by atoms with Crippen LogP contribution in [-0.4, -0.2) is 18.7 Å². The first kappa shape index (κ1) is 13.0. The van der Waals surface area contributed by atoms with E-state index in [1.807, 2.05) is 6.92 Å². The molecule has 0 fully saturated rings. The first-order valence-electron chi connectivity index (χ1n) is 5.70. The highest BCUT2D eigenvalue weighted by Gasteiger charge is 2.12. The summed E-state index contributed by atoms with van der Waals surface area (Å²) in [7, 11) is 0. The maximum Gasteiger partial charge on any atom is 0.129 e. The SMILES string of the molecule is CCNC(C)C(C)Oc1ccc(C)c(F)c1. The Morgan fingerprint density at radius 3 is 2.62 bits per heavy atom. The number of hydrogen-bond donors (Lipinski definition) is 1. The van der Waals surface area contributed by atoms with Gasteiger partial charge in [0.25, 0.3) is 0 Å². The van der Waals surface area contributed by atoms with Crippen LogP contribution in [0.3, 0.4) is 0 Å². The van der Waals surface area contributed by atoms with Crippen molar-refractivity contribution in [3.05, 3.63) is 29.6 Å². The van der Waals surface area contributed by atoms with Crippen molar-refractivity contribution < 1.29 is 9.13 Å². The molecule has 3 heteroatoms. The zero-order valence-electron chi connectivity index (χ0n) is 10.4. The third kappa shape index (κ3) is 3.49. The first-order chi connectivity index (χ1) is 7.54. The Bertz CT molecular complexity index is 341. The van der Waals surface area contributed by atoms with Gasteiger partial charge < -0.3 is 10.1 Å². The third-order valence-electron chi connectivity index (χ3n) is 2.70. The molecule has 0 aliphatic heterocycles. The fraction of sp³-hybridized carbons (Fsp3) is 0.538. The Balaban J connectivity index is 2.62. The summed E-state index contributed by atoms with van der Waals surface area (Å²) in [4.78, 5) is 0. The number of nitrogens with one attached hydrogen (secondary N) is 1. The molecule has 0 bridgehead atoms. The van der Waals surface area contributed by atoms with Crippen molar-refractivity contribution >= 4 is 0 Å². The lowest BCUT2D eigenvalue weighted by Crippen LogP contribution is -2.38. The van der Waals surface area contributed by atoms with E-state index in [9.17, 15) is 4.39 Å². The average Bonchev–Trinajstić information content (AvgIpc) is 2.24. The van der Waals surface area contributed by atoms with Gasteiger partial charge in [-0.3, -0.25) is 0 Å². The Morgan fingerprint density at radius 1 is 1.38 bits per heavy atom. The molecule has 0 spiro atoms. The van der Waals surface area contributed by atoms with E-state index in [4.69, 9.17) is 4.74 Å². The Labute approximate surface area is 96.8 Å². The molecule has 2 atom stereocenters. The molecule has 0 amide bonds. The largest absolute Gasteiger partial charge is 0.489 e. The van der Waals surface area contributed by atoms with Gasteiger partial charge in [-0.25, -0.2) is 4.39 Å². The molecular weight excluding hydrogens is 205 g/mol. The molecule has 16 heavy (non-hydrogen) atoms. The molecule has 1 rings (SSSR count). The second kappa shape index (κ2) is 5.85. The molecule has 0 aromatic heterocycles.